The molecular formula is C33H32N2O4. The molecule has 5 aliphatic rings. The maximum absolute atomic E-state index is 13.0. The molecule has 2 bridgehead atoms. The molecule has 3 aromatic carbocycles. The van der Waals surface area contributed by atoms with E-state index in [-0.39, 0.29) is 17.9 Å². The predicted octanol–water partition coefficient (Wildman–Crippen LogP) is 5.15. The number of aromatic hydroxyl groups is 1. The Hall–Kier alpha value is -3.48. The van der Waals surface area contributed by atoms with E-state index in [4.69, 9.17) is 9.47 Å². The fourth-order valence-electron chi connectivity index (χ4n) is 8.43. The fourth-order valence-corrected chi connectivity index (χ4v) is 8.43. The molecule has 2 aliphatic heterocycles. The highest BCUT2D eigenvalue weighted by Gasteiger charge is 2.72. The summed E-state index contributed by atoms with van der Waals surface area (Å²) in [5, 5.41) is 25.0. The number of likely N-dealkylation sites (tertiary alicyclic amines) is 1. The summed E-state index contributed by atoms with van der Waals surface area (Å²) in [6, 6.07) is 20.3. The number of aromatic amines is 1. The lowest BCUT2D eigenvalue weighted by molar-refractivity contribution is -0.173. The summed E-state index contributed by atoms with van der Waals surface area (Å²) in [6.07, 6.45) is 4.40. The maximum atomic E-state index is 13.0. The molecule has 1 aromatic heterocycles. The van der Waals surface area contributed by atoms with E-state index < -0.39 is 11.0 Å². The minimum atomic E-state index is -0.986. The van der Waals surface area contributed by atoms with Crippen LogP contribution in [0.5, 0.6) is 17.2 Å². The molecule has 3 heterocycles. The number of hydrogen-bond donors (Lipinski definition) is 3. The van der Waals surface area contributed by atoms with Crippen LogP contribution in [0.15, 0.2) is 60.7 Å². The number of benzene rings is 3. The van der Waals surface area contributed by atoms with Gasteiger partial charge in [0.2, 0.25) is 0 Å². The van der Waals surface area contributed by atoms with Crippen molar-refractivity contribution in [3.05, 3.63) is 88.6 Å². The van der Waals surface area contributed by atoms with Gasteiger partial charge in [-0.2, -0.15) is 0 Å². The lowest BCUT2D eigenvalue weighted by Gasteiger charge is -2.62. The van der Waals surface area contributed by atoms with E-state index in [9.17, 15) is 10.2 Å². The number of H-pyrrole nitrogens is 1. The number of nitrogens with zero attached hydrogens (tertiary/aromatic N) is 1. The van der Waals surface area contributed by atoms with Crippen molar-refractivity contribution in [2.45, 2.75) is 61.9 Å². The summed E-state index contributed by atoms with van der Waals surface area (Å²) in [6.45, 7) is 2.52. The number of hydrogen-bond acceptors (Lipinski definition) is 5. The summed E-state index contributed by atoms with van der Waals surface area (Å²) in [7, 11) is 0. The van der Waals surface area contributed by atoms with Gasteiger partial charge >= 0.3 is 0 Å². The first kappa shape index (κ1) is 22.3. The molecule has 1 saturated heterocycles. The molecule has 0 amide bonds. The van der Waals surface area contributed by atoms with Gasteiger partial charge in [0, 0.05) is 35.5 Å². The van der Waals surface area contributed by atoms with Gasteiger partial charge in [0.15, 0.2) is 17.6 Å². The molecule has 39 heavy (non-hydrogen) atoms. The third kappa shape index (κ3) is 2.88. The van der Waals surface area contributed by atoms with Crippen molar-refractivity contribution < 1.29 is 19.7 Å². The Morgan fingerprint density at radius 1 is 1.08 bits per heavy atom. The van der Waals surface area contributed by atoms with Crippen LogP contribution in [0.4, 0.5) is 0 Å². The van der Waals surface area contributed by atoms with Crippen LogP contribution >= 0.6 is 0 Å². The molecule has 198 valence electrons. The molecule has 6 heteroatoms. The third-order valence-corrected chi connectivity index (χ3v) is 10.4. The van der Waals surface area contributed by atoms with Crippen LogP contribution in [-0.4, -0.2) is 44.8 Å². The quantitative estimate of drug-likeness (QED) is 0.339. The van der Waals surface area contributed by atoms with E-state index in [0.29, 0.717) is 18.8 Å². The lowest BCUT2D eigenvalue weighted by atomic mass is 9.49. The lowest BCUT2D eigenvalue weighted by Crippen LogP contribution is -2.74. The molecule has 6 nitrogen and oxygen atoms in total. The first-order valence-electron chi connectivity index (χ1n) is 14.3. The summed E-state index contributed by atoms with van der Waals surface area (Å²) in [5.74, 6) is 2.32. The van der Waals surface area contributed by atoms with Crippen LogP contribution in [0.3, 0.4) is 0 Å². The van der Waals surface area contributed by atoms with E-state index in [1.54, 1.807) is 6.07 Å². The SMILES string of the molecule is Oc1ccc2c3c1O[C@H]1c4[nH]c5ccc(OCc6ccccc6)cc5c4C[C@@]4(O)[C@@H](C2)N(CC2CC2)CC[C@]314. The van der Waals surface area contributed by atoms with Crippen molar-refractivity contribution >= 4 is 10.9 Å². The Labute approximate surface area is 227 Å². The maximum Gasteiger partial charge on any atom is 0.166 e. The van der Waals surface area contributed by atoms with Crippen LogP contribution in [-0.2, 0) is 24.9 Å². The van der Waals surface area contributed by atoms with Gasteiger partial charge in [-0.05, 0) is 79.1 Å². The minimum Gasteiger partial charge on any atom is -0.504 e. The van der Waals surface area contributed by atoms with Gasteiger partial charge in [-0.3, -0.25) is 4.90 Å². The summed E-state index contributed by atoms with van der Waals surface area (Å²) in [4.78, 5) is 6.26. The van der Waals surface area contributed by atoms with Crippen LogP contribution < -0.4 is 9.47 Å². The van der Waals surface area contributed by atoms with E-state index in [0.717, 1.165) is 70.9 Å². The summed E-state index contributed by atoms with van der Waals surface area (Å²) in [5.41, 5.74) is 5.02. The van der Waals surface area contributed by atoms with Gasteiger partial charge in [0.05, 0.1) is 16.7 Å². The average Bonchev–Trinajstić information content (AvgIpc) is 3.59. The zero-order valence-electron chi connectivity index (χ0n) is 21.8. The van der Waals surface area contributed by atoms with Crippen LogP contribution in [0.1, 0.15) is 53.3 Å². The zero-order valence-corrected chi connectivity index (χ0v) is 21.8. The van der Waals surface area contributed by atoms with Crippen molar-refractivity contribution in [2.24, 2.45) is 5.92 Å². The molecule has 4 aromatic rings. The molecule has 1 saturated carbocycles. The average molecular weight is 521 g/mol. The second-order valence-electron chi connectivity index (χ2n) is 12.4. The van der Waals surface area contributed by atoms with Crippen molar-refractivity contribution in [1.29, 1.82) is 0 Å². The Bertz CT molecular complexity index is 1640. The van der Waals surface area contributed by atoms with Gasteiger partial charge in [-0.15, -0.1) is 0 Å². The highest BCUT2D eigenvalue weighted by atomic mass is 16.5. The molecular weight excluding hydrogens is 488 g/mol. The Kier molecular flexibility index (Phi) is 4.35. The van der Waals surface area contributed by atoms with E-state index in [2.05, 4.69) is 40.2 Å². The van der Waals surface area contributed by atoms with Crippen LogP contribution in [0.2, 0.25) is 0 Å². The second kappa shape index (κ2) is 7.58. The number of rotatable bonds is 5. The smallest absolute Gasteiger partial charge is 0.166 e. The first-order chi connectivity index (χ1) is 19.0. The second-order valence-corrected chi connectivity index (χ2v) is 12.4. The number of phenols is 1. The number of ether oxygens (including phenoxy) is 2. The molecule has 3 N–H and O–H groups in total. The van der Waals surface area contributed by atoms with Gasteiger partial charge in [-0.25, -0.2) is 0 Å². The normalized spacial score (nSPS) is 30.1. The first-order valence-corrected chi connectivity index (χ1v) is 14.3. The van der Waals surface area contributed by atoms with E-state index in [1.807, 2.05) is 24.3 Å². The monoisotopic (exact) mass is 520 g/mol. The van der Waals surface area contributed by atoms with Crippen molar-refractivity contribution in [2.75, 3.05) is 13.1 Å². The molecule has 2 fully saturated rings. The van der Waals surface area contributed by atoms with E-state index >= 15 is 0 Å². The summed E-state index contributed by atoms with van der Waals surface area (Å²) >= 11 is 0. The fraction of sp³-hybridized carbons (Fsp3) is 0.394. The number of piperidine rings is 1. The highest BCUT2D eigenvalue weighted by molar-refractivity contribution is 5.87. The Morgan fingerprint density at radius 2 is 1.95 bits per heavy atom. The molecule has 0 unspecified atom stereocenters. The molecule has 4 atom stereocenters. The minimum absolute atomic E-state index is 0.0246. The Morgan fingerprint density at radius 3 is 2.79 bits per heavy atom. The van der Waals surface area contributed by atoms with Gasteiger partial charge in [0.25, 0.3) is 0 Å². The molecule has 1 spiro atoms. The molecule has 0 radical (unpaired) electrons. The van der Waals surface area contributed by atoms with Gasteiger partial charge in [0.1, 0.15) is 12.4 Å². The summed E-state index contributed by atoms with van der Waals surface area (Å²) < 4.78 is 12.9. The third-order valence-electron chi connectivity index (χ3n) is 10.4. The van der Waals surface area contributed by atoms with Gasteiger partial charge in [-0.1, -0.05) is 36.4 Å². The van der Waals surface area contributed by atoms with Gasteiger partial charge < -0.3 is 24.7 Å². The van der Waals surface area contributed by atoms with Crippen LogP contribution in [0, 0.1) is 5.92 Å². The number of phenolic OH excluding ortho intramolecular Hbond substituents is 1. The highest BCUT2D eigenvalue weighted by Crippen LogP contribution is 2.69. The molecule has 9 rings (SSSR count). The van der Waals surface area contributed by atoms with Crippen molar-refractivity contribution in [3.63, 3.8) is 0 Å². The van der Waals surface area contributed by atoms with Crippen molar-refractivity contribution in [1.82, 2.24) is 9.88 Å². The zero-order chi connectivity index (χ0) is 25.9. The van der Waals surface area contributed by atoms with Crippen LogP contribution in [0.25, 0.3) is 10.9 Å². The number of aliphatic hydroxyl groups is 1. The predicted molar refractivity (Wildman–Crippen MR) is 147 cm³/mol. The molecule has 3 aliphatic carbocycles. The van der Waals surface area contributed by atoms with Crippen molar-refractivity contribution in [3.8, 4) is 17.2 Å². The number of fused-ring (bicyclic) bond motifs is 4. The van der Waals surface area contributed by atoms with E-state index in [1.165, 1.54) is 18.4 Å². The standard InChI is InChI=1S/C33H32N2O4/c36-26-11-8-21-14-27-33(37)16-24-23-15-22(38-18-20-4-2-1-3-5-20)9-10-25(23)34-29(24)31-32(33,28(21)30(26)39-31)12-13-35(27)17-19-6-7-19/h1-5,8-11,15,19,27,31,34,36-37H,6-7,12-14,16-18H2/t27-,31+,32+,33-/m1/s1. The topological polar surface area (TPSA) is 78.0 Å². The Balaban J connectivity index is 1.19. The number of aromatic nitrogens is 1. The number of nitrogens with one attached hydrogen (secondary N) is 1. The largest absolute Gasteiger partial charge is 0.504 e.